The van der Waals surface area contributed by atoms with E-state index < -0.39 is 7.12 Å². The van der Waals surface area contributed by atoms with Gasteiger partial charge in [0, 0.05) is 11.7 Å². The van der Waals surface area contributed by atoms with E-state index in [1.165, 1.54) is 0 Å². The maximum Gasteiger partial charge on any atom is 0.496 e. The fraction of sp³-hybridized carbons (Fsp3) is 0.571. The van der Waals surface area contributed by atoms with Crippen LogP contribution in [0.2, 0.25) is 0 Å². The highest BCUT2D eigenvalue weighted by atomic mass is 16.7. The highest BCUT2D eigenvalue weighted by Crippen LogP contribution is 2.36. The van der Waals surface area contributed by atoms with Crippen LogP contribution in [0, 0.1) is 18.3 Å². The fourth-order valence-corrected chi connectivity index (χ4v) is 2.02. The first-order valence-electron chi connectivity index (χ1n) is 6.45. The van der Waals surface area contributed by atoms with Gasteiger partial charge in [-0.05, 0) is 40.2 Å². The molecule has 0 spiro atoms. The Morgan fingerprint density at radius 3 is 2.37 bits per heavy atom. The van der Waals surface area contributed by atoms with Crippen LogP contribution in [-0.2, 0) is 15.7 Å². The molecule has 0 atom stereocenters. The summed E-state index contributed by atoms with van der Waals surface area (Å²) in [6.45, 7) is 10.0. The van der Waals surface area contributed by atoms with Crippen molar-refractivity contribution in [1.29, 1.82) is 5.26 Å². The summed E-state index contributed by atoms with van der Waals surface area (Å²) in [5, 5.41) is 8.89. The molecule has 0 saturated carbocycles. The third kappa shape index (κ3) is 2.51. The van der Waals surface area contributed by atoms with Crippen LogP contribution in [-0.4, -0.2) is 23.3 Å². The van der Waals surface area contributed by atoms with E-state index in [2.05, 4.69) is 11.1 Å². The number of hydrogen-bond donors (Lipinski definition) is 0. The monoisotopic (exact) mass is 258 g/mol. The predicted octanol–water partition coefficient (Wildman–Crippen LogP) is 1.76. The van der Waals surface area contributed by atoms with Crippen LogP contribution in [0.25, 0.3) is 0 Å². The Morgan fingerprint density at radius 1 is 1.26 bits per heavy atom. The first-order valence-corrected chi connectivity index (χ1v) is 6.45. The number of rotatable bonds is 2. The van der Waals surface area contributed by atoms with Crippen molar-refractivity contribution in [3.63, 3.8) is 0 Å². The van der Waals surface area contributed by atoms with Crippen LogP contribution in [0.1, 0.15) is 39.0 Å². The predicted molar refractivity (Wildman–Crippen MR) is 74.0 cm³/mol. The maximum absolute atomic E-state index is 8.89. The van der Waals surface area contributed by atoms with Crippen LogP contribution in [0.4, 0.5) is 0 Å². The van der Waals surface area contributed by atoms with Crippen molar-refractivity contribution in [2.45, 2.75) is 52.2 Å². The molecule has 100 valence electrons. The van der Waals surface area contributed by atoms with Crippen molar-refractivity contribution >= 4 is 12.6 Å². The third-order valence-corrected chi connectivity index (χ3v) is 3.89. The van der Waals surface area contributed by atoms with E-state index in [4.69, 9.17) is 14.6 Å². The second kappa shape index (κ2) is 4.62. The van der Waals surface area contributed by atoms with Gasteiger partial charge in [0.15, 0.2) is 0 Å². The number of pyridine rings is 1. The second-order valence-corrected chi connectivity index (χ2v) is 5.97. The zero-order chi connectivity index (χ0) is 14.3. The van der Waals surface area contributed by atoms with Crippen molar-refractivity contribution in [3.05, 3.63) is 23.5 Å². The Balaban J connectivity index is 2.39. The minimum Gasteiger partial charge on any atom is -0.399 e. The number of nitriles is 1. The zero-order valence-corrected chi connectivity index (χ0v) is 12.2. The van der Waals surface area contributed by atoms with Gasteiger partial charge in [0.1, 0.15) is 0 Å². The first kappa shape index (κ1) is 14.0. The lowest BCUT2D eigenvalue weighted by Crippen LogP contribution is -2.41. The molecule has 2 rings (SSSR count). The standard InChI is InChI=1S/C14H19BN2O2/c1-10-8-11(12(6-7-16)17-9-10)15-18-13(2,3)14(4,5)19-15/h8-9H,6H2,1-5H3. The number of aryl methyl sites for hydroxylation is 1. The SMILES string of the molecule is Cc1cnc(CC#N)c(B2OC(C)(C)C(C)(C)O2)c1. The van der Waals surface area contributed by atoms with Crippen LogP contribution >= 0.6 is 0 Å². The summed E-state index contributed by atoms with van der Waals surface area (Å²) >= 11 is 0. The van der Waals surface area contributed by atoms with E-state index in [0.717, 1.165) is 16.7 Å². The van der Waals surface area contributed by atoms with Gasteiger partial charge in [-0.2, -0.15) is 5.26 Å². The molecule has 5 heteroatoms. The average molecular weight is 258 g/mol. The smallest absolute Gasteiger partial charge is 0.399 e. The summed E-state index contributed by atoms with van der Waals surface area (Å²) in [7, 11) is -0.458. The van der Waals surface area contributed by atoms with E-state index in [1.54, 1.807) is 6.20 Å². The van der Waals surface area contributed by atoms with Gasteiger partial charge >= 0.3 is 7.12 Å². The van der Waals surface area contributed by atoms with Gasteiger partial charge in [0.2, 0.25) is 0 Å². The molecular weight excluding hydrogens is 239 g/mol. The van der Waals surface area contributed by atoms with Gasteiger partial charge in [-0.25, -0.2) is 0 Å². The third-order valence-electron chi connectivity index (χ3n) is 3.89. The Hall–Kier alpha value is -1.38. The van der Waals surface area contributed by atoms with Crippen molar-refractivity contribution in [2.24, 2.45) is 0 Å². The number of nitrogens with zero attached hydrogens (tertiary/aromatic N) is 2. The molecule has 0 radical (unpaired) electrons. The summed E-state index contributed by atoms with van der Waals surface area (Å²) in [6, 6.07) is 4.12. The molecule has 1 aliphatic rings. The number of aromatic nitrogens is 1. The first-order chi connectivity index (χ1) is 8.77. The van der Waals surface area contributed by atoms with E-state index in [9.17, 15) is 0 Å². The largest absolute Gasteiger partial charge is 0.496 e. The Labute approximate surface area is 114 Å². The molecule has 2 heterocycles. The van der Waals surface area contributed by atoms with Crippen molar-refractivity contribution in [3.8, 4) is 6.07 Å². The Morgan fingerprint density at radius 2 is 1.84 bits per heavy atom. The van der Waals surface area contributed by atoms with Crippen LogP contribution in [0.5, 0.6) is 0 Å². The molecule has 1 aromatic heterocycles. The van der Waals surface area contributed by atoms with Crippen LogP contribution in [0.3, 0.4) is 0 Å². The molecule has 1 saturated heterocycles. The quantitative estimate of drug-likeness (QED) is 0.758. The molecule has 1 aromatic rings. The van der Waals surface area contributed by atoms with Gasteiger partial charge in [-0.1, -0.05) is 6.07 Å². The molecule has 0 unspecified atom stereocenters. The Bertz CT molecular complexity index is 519. The van der Waals surface area contributed by atoms with Gasteiger partial charge in [0.05, 0.1) is 29.4 Å². The van der Waals surface area contributed by atoms with Gasteiger partial charge in [-0.15, -0.1) is 0 Å². The van der Waals surface area contributed by atoms with Crippen molar-refractivity contribution in [1.82, 2.24) is 4.98 Å². The van der Waals surface area contributed by atoms with Crippen molar-refractivity contribution < 1.29 is 9.31 Å². The normalized spacial score (nSPS) is 20.3. The number of hydrogen-bond acceptors (Lipinski definition) is 4. The summed E-state index contributed by atoms with van der Waals surface area (Å²) in [4.78, 5) is 4.33. The Kier molecular flexibility index (Phi) is 3.42. The zero-order valence-electron chi connectivity index (χ0n) is 12.2. The lowest BCUT2D eigenvalue weighted by atomic mass is 9.76. The molecule has 1 aliphatic heterocycles. The van der Waals surface area contributed by atoms with Crippen molar-refractivity contribution in [2.75, 3.05) is 0 Å². The molecule has 19 heavy (non-hydrogen) atoms. The topological polar surface area (TPSA) is 55.1 Å². The molecule has 1 fully saturated rings. The molecule has 0 amide bonds. The highest BCUT2D eigenvalue weighted by Gasteiger charge is 2.52. The highest BCUT2D eigenvalue weighted by molar-refractivity contribution is 6.62. The average Bonchev–Trinajstić information content (AvgIpc) is 2.51. The molecule has 0 bridgehead atoms. The fourth-order valence-electron chi connectivity index (χ4n) is 2.02. The lowest BCUT2D eigenvalue weighted by Gasteiger charge is -2.32. The summed E-state index contributed by atoms with van der Waals surface area (Å²) in [5.41, 5.74) is 1.86. The van der Waals surface area contributed by atoms with E-state index >= 15 is 0 Å². The summed E-state index contributed by atoms with van der Waals surface area (Å²) < 4.78 is 12.0. The molecule has 4 nitrogen and oxygen atoms in total. The minimum absolute atomic E-state index is 0.264. The minimum atomic E-state index is -0.458. The molecular formula is C14H19BN2O2. The second-order valence-electron chi connectivity index (χ2n) is 5.97. The van der Waals surface area contributed by atoms with E-state index in [1.807, 2.05) is 40.7 Å². The van der Waals surface area contributed by atoms with Crippen LogP contribution in [0.15, 0.2) is 12.3 Å². The van der Waals surface area contributed by atoms with E-state index in [0.29, 0.717) is 0 Å². The van der Waals surface area contributed by atoms with E-state index in [-0.39, 0.29) is 17.6 Å². The van der Waals surface area contributed by atoms with Gasteiger partial charge in [0.25, 0.3) is 0 Å². The molecule has 0 aliphatic carbocycles. The lowest BCUT2D eigenvalue weighted by molar-refractivity contribution is 0.00578. The summed E-state index contributed by atoms with van der Waals surface area (Å²) in [5.74, 6) is 0. The van der Waals surface area contributed by atoms with Crippen LogP contribution < -0.4 is 5.46 Å². The molecule has 0 N–H and O–H groups in total. The van der Waals surface area contributed by atoms with Gasteiger partial charge < -0.3 is 9.31 Å². The maximum atomic E-state index is 8.89. The summed E-state index contributed by atoms with van der Waals surface area (Å²) in [6.07, 6.45) is 2.03. The molecule has 0 aromatic carbocycles. The van der Waals surface area contributed by atoms with Gasteiger partial charge in [-0.3, -0.25) is 4.98 Å².